The Bertz CT molecular complexity index is 519. The first kappa shape index (κ1) is 22.9. The lowest BCUT2D eigenvalue weighted by molar-refractivity contribution is -0.365. The Morgan fingerprint density at radius 1 is 0.808 bits per heavy atom. The molecule has 1 aromatic rings. The normalized spacial score (nSPS) is 11.9. The second-order valence-corrected chi connectivity index (χ2v) is 6.42. The van der Waals surface area contributed by atoms with Gasteiger partial charge in [-0.05, 0) is 24.5 Å². The Morgan fingerprint density at radius 3 is 2.00 bits per heavy atom. The first-order valence-corrected chi connectivity index (χ1v) is 9.35. The molecule has 0 aliphatic heterocycles. The standard InChI is InChI=1S/C20H31F3O3/c1-4-5-6-7-8-9-10-12-20(24-2,25-3)26-13-11-16-14-18(22)19(23)15-17(16)21/h14-15H,4-13H2,1-3H3. The SMILES string of the molecule is CCCCCCCCCC(OC)(OC)OCCc1cc(F)c(F)cc1F. The molecule has 0 unspecified atom stereocenters. The zero-order valence-electron chi connectivity index (χ0n) is 16.1. The fraction of sp³-hybridized carbons (Fsp3) is 0.700. The average molecular weight is 376 g/mol. The van der Waals surface area contributed by atoms with Crippen LogP contribution in [0.3, 0.4) is 0 Å². The summed E-state index contributed by atoms with van der Waals surface area (Å²) in [4.78, 5) is 0. The van der Waals surface area contributed by atoms with E-state index >= 15 is 0 Å². The smallest absolute Gasteiger partial charge is 0.282 e. The maximum atomic E-state index is 13.7. The van der Waals surface area contributed by atoms with Crippen LogP contribution in [0.1, 0.15) is 63.9 Å². The maximum Gasteiger partial charge on any atom is 0.282 e. The zero-order valence-corrected chi connectivity index (χ0v) is 16.1. The molecule has 0 atom stereocenters. The minimum absolute atomic E-state index is 0.0564. The van der Waals surface area contributed by atoms with Crippen molar-refractivity contribution in [3.8, 4) is 0 Å². The van der Waals surface area contributed by atoms with E-state index in [9.17, 15) is 13.2 Å². The minimum atomic E-state index is -1.20. The van der Waals surface area contributed by atoms with Crippen molar-refractivity contribution in [2.75, 3.05) is 20.8 Å². The molecule has 26 heavy (non-hydrogen) atoms. The number of ether oxygens (including phenoxy) is 3. The lowest BCUT2D eigenvalue weighted by Gasteiger charge is -2.30. The minimum Gasteiger partial charge on any atom is -0.331 e. The van der Waals surface area contributed by atoms with Gasteiger partial charge in [0, 0.05) is 26.7 Å². The molecule has 0 saturated heterocycles. The van der Waals surface area contributed by atoms with Gasteiger partial charge in [-0.1, -0.05) is 45.4 Å². The van der Waals surface area contributed by atoms with E-state index in [0.717, 1.165) is 25.3 Å². The number of rotatable bonds is 14. The predicted octanol–water partition coefficient (Wildman–Crippen LogP) is 5.75. The third kappa shape index (κ3) is 7.64. The van der Waals surface area contributed by atoms with Crippen LogP contribution < -0.4 is 0 Å². The van der Waals surface area contributed by atoms with Crippen LogP contribution in [-0.4, -0.2) is 26.8 Å². The van der Waals surface area contributed by atoms with E-state index in [-0.39, 0.29) is 18.6 Å². The number of hydrogen-bond donors (Lipinski definition) is 0. The molecule has 0 aliphatic carbocycles. The average Bonchev–Trinajstić information content (AvgIpc) is 2.63. The van der Waals surface area contributed by atoms with Crippen LogP contribution in [0, 0.1) is 17.5 Å². The van der Waals surface area contributed by atoms with E-state index in [2.05, 4.69) is 6.92 Å². The van der Waals surface area contributed by atoms with Crippen molar-refractivity contribution >= 4 is 0 Å². The van der Waals surface area contributed by atoms with Crippen LogP contribution in [-0.2, 0) is 20.6 Å². The van der Waals surface area contributed by atoms with Crippen LogP contribution in [0.15, 0.2) is 12.1 Å². The number of methoxy groups -OCH3 is 2. The zero-order chi connectivity index (χ0) is 19.4. The molecule has 3 nitrogen and oxygen atoms in total. The van der Waals surface area contributed by atoms with Gasteiger partial charge in [-0.25, -0.2) is 13.2 Å². The highest BCUT2D eigenvalue weighted by Gasteiger charge is 2.30. The molecule has 150 valence electrons. The Kier molecular flexibility index (Phi) is 10.9. The summed E-state index contributed by atoms with van der Waals surface area (Å²) in [5.41, 5.74) is 0.0564. The maximum absolute atomic E-state index is 13.7. The van der Waals surface area contributed by atoms with Crippen LogP contribution in [0.25, 0.3) is 0 Å². The van der Waals surface area contributed by atoms with Crippen molar-refractivity contribution in [2.24, 2.45) is 0 Å². The quantitative estimate of drug-likeness (QED) is 0.235. The van der Waals surface area contributed by atoms with Crippen molar-refractivity contribution < 1.29 is 27.4 Å². The van der Waals surface area contributed by atoms with Crippen molar-refractivity contribution in [2.45, 2.75) is 70.7 Å². The molecule has 0 radical (unpaired) electrons. The molecule has 0 N–H and O–H groups in total. The number of hydrogen-bond acceptors (Lipinski definition) is 3. The molecule has 0 heterocycles. The van der Waals surface area contributed by atoms with Gasteiger partial charge in [0.2, 0.25) is 0 Å². The van der Waals surface area contributed by atoms with Crippen molar-refractivity contribution in [3.63, 3.8) is 0 Å². The topological polar surface area (TPSA) is 27.7 Å². The summed E-state index contributed by atoms with van der Waals surface area (Å²) >= 11 is 0. The van der Waals surface area contributed by atoms with Gasteiger partial charge in [-0.2, -0.15) is 0 Å². The fourth-order valence-electron chi connectivity index (χ4n) is 2.85. The van der Waals surface area contributed by atoms with Crippen molar-refractivity contribution in [1.29, 1.82) is 0 Å². The monoisotopic (exact) mass is 376 g/mol. The van der Waals surface area contributed by atoms with Gasteiger partial charge in [0.15, 0.2) is 11.6 Å². The molecule has 1 rings (SSSR count). The number of unbranched alkanes of at least 4 members (excludes halogenated alkanes) is 6. The van der Waals surface area contributed by atoms with Crippen molar-refractivity contribution in [3.05, 3.63) is 35.1 Å². The fourth-order valence-corrected chi connectivity index (χ4v) is 2.85. The van der Waals surface area contributed by atoms with Gasteiger partial charge < -0.3 is 14.2 Å². The summed E-state index contributed by atoms with van der Waals surface area (Å²) in [7, 11) is 2.98. The molecule has 0 amide bonds. The summed E-state index contributed by atoms with van der Waals surface area (Å²) in [6.45, 7) is 2.26. The van der Waals surface area contributed by atoms with E-state index in [0.29, 0.717) is 12.5 Å². The van der Waals surface area contributed by atoms with Crippen molar-refractivity contribution in [1.82, 2.24) is 0 Å². The molecule has 0 spiro atoms. The Morgan fingerprint density at radius 2 is 1.38 bits per heavy atom. The molecule has 0 fully saturated rings. The molecule has 1 aromatic carbocycles. The summed E-state index contributed by atoms with van der Waals surface area (Å²) in [5, 5.41) is 0. The van der Waals surface area contributed by atoms with Gasteiger partial charge in [-0.3, -0.25) is 0 Å². The first-order valence-electron chi connectivity index (χ1n) is 9.35. The highest BCUT2D eigenvalue weighted by Crippen LogP contribution is 2.23. The summed E-state index contributed by atoms with van der Waals surface area (Å²) < 4.78 is 56.3. The second-order valence-electron chi connectivity index (χ2n) is 6.42. The summed E-state index contributed by atoms with van der Waals surface area (Å²) in [6.07, 6.45) is 8.70. The van der Waals surface area contributed by atoms with E-state index < -0.39 is 23.4 Å². The summed E-state index contributed by atoms with van der Waals surface area (Å²) in [5.74, 6) is -4.26. The molecule has 0 bridgehead atoms. The highest BCUT2D eigenvalue weighted by atomic mass is 19.2. The van der Waals surface area contributed by atoms with Crippen LogP contribution >= 0.6 is 0 Å². The Balaban J connectivity index is 2.42. The highest BCUT2D eigenvalue weighted by molar-refractivity contribution is 5.20. The largest absolute Gasteiger partial charge is 0.331 e. The van der Waals surface area contributed by atoms with Crippen LogP contribution in [0.5, 0.6) is 0 Å². The predicted molar refractivity (Wildman–Crippen MR) is 95.3 cm³/mol. The molecule has 0 aliphatic rings. The molecular weight excluding hydrogens is 345 g/mol. The van der Waals surface area contributed by atoms with Gasteiger partial charge in [0.1, 0.15) is 5.82 Å². The van der Waals surface area contributed by atoms with Crippen LogP contribution in [0.4, 0.5) is 13.2 Å². The third-order valence-corrected chi connectivity index (χ3v) is 4.49. The summed E-state index contributed by atoms with van der Waals surface area (Å²) in [6, 6.07) is 1.40. The second kappa shape index (κ2) is 12.3. The van der Waals surface area contributed by atoms with Gasteiger partial charge in [0.05, 0.1) is 6.61 Å². The lowest BCUT2D eigenvalue weighted by Crippen LogP contribution is -2.37. The third-order valence-electron chi connectivity index (χ3n) is 4.49. The van der Waals surface area contributed by atoms with Crippen LogP contribution in [0.2, 0.25) is 0 Å². The van der Waals surface area contributed by atoms with Gasteiger partial charge in [-0.15, -0.1) is 0 Å². The van der Waals surface area contributed by atoms with E-state index in [1.807, 2.05) is 0 Å². The molecular formula is C20H31F3O3. The number of benzene rings is 1. The van der Waals surface area contributed by atoms with E-state index in [1.54, 1.807) is 0 Å². The first-order chi connectivity index (χ1) is 12.5. The van der Waals surface area contributed by atoms with E-state index in [4.69, 9.17) is 14.2 Å². The van der Waals surface area contributed by atoms with Gasteiger partial charge in [0.25, 0.3) is 5.97 Å². The Hall–Kier alpha value is -1.11. The van der Waals surface area contributed by atoms with E-state index in [1.165, 1.54) is 39.9 Å². The molecule has 0 aromatic heterocycles. The number of halogens is 3. The molecule has 0 saturated carbocycles. The van der Waals surface area contributed by atoms with Gasteiger partial charge >= 0.3 is 0 Å². The Labute approximate surface area is 154 Å². The lowest BCUT2D eigenvalue weighted by atomic mass is 10.1. The molecule has 6 heteroatoms.